The normalized spacial score (nSPS) is 29.8. The van der Waals surface area contributed by atoms with Crippen molar-refractivity contribution in [3.8, 4) is 0 Å². The van der Waals surface area contributed by atoms with Crippen molar-refractivity contribution < 1.29 is 4.74 Å². The Morgan fingerprint density at radius 3 is 2.80 bits per heavy atom. The Labute approximate surface area is 120 Å². The molecule has 3 rings (SSSR count). The minimum atomic E-state index is 0.0122. The highest BCUT2D eigenvalue weighted by Gasteiger charge is 2.46. The Morgan fingerprint density at radius 1 is 1.35 bits per heavy atom. The summed E-state index contributed by atoms with van der Waals surface area (Å²) in [4.78, 5) is 6.76. The number of nitrogens with zero attached hydrogens (tertiary/aromatic N) is 2. The first-order valence-electron chi connectivity index (χ1n) is 7.34. The largest absolute Gasteiger partial charge is 0.381 e. The van der Waals surface area contributed by atoms with E-state index < -0.39 is 0 Å². The van der Waals surface area contributed by atoms with E-state index >= 15 is 0 Å². The van der Waals surface area contributed by atoms with Crippen molar-refractivity contribution in [3.63, 3.8) is 0 Å². The van der Waals surface area contributed by atoms with Crippen molar-refractivity contribution in [3.05, 3.63) is 29.8 Å². The molecule has 0 amide bonds. The van der Waals surface area contributed by atoms with Crippen LogP contribution < -0.4 is 10.6 Å². The lowest BCUT2D eigenvalue weighted by Crippen LogP contribution is -2.55. The fourth-order valence-electron chi connectivity index (χ4n) is 3.55. The van der Waals surface area contributed by atoms with E-state index in [1.807, 2.05) is 0 Å². The molecule has 1 spiro atoms. The molecule has 1 heterocycles. The molecule has 4 nitrogen and oxygen atoms in total. The molecule has 0 radical (unpaired) electrons. The van der Waals surface area contributed by atoms with Crippen LogP contribution in [0.2, 0.25) is 0 Å². The molecule has 4 heteroatoms. The summed E-state index contributed by atoms with van der Waals surface area (Å²) in [5.74, 6) is 0.644. The third kappa shape index (κ3) is 2.18. The Hall–Kier alpha value is -1.55. The lowest BCUT2D eigenvalue weighted by molar-refractivity contribution is 0.0459. The summed E-state index contributed by atoms with van der Waals surface area (Å²) in [5, 5.41) is 0. The average molecular weight is 273 g/mol. The fourth-order valence-corrected chi connectivity index (χ4v) is 3.55. The van der Waals surface area contributed by atoms with Crippen molar-refractivity contribution >= 4 is 11.6 Å². The van der Waals surface area contributed by atoms with Gasteiger partial charge in [0.2, 0.25) is 0 Å². The van der Waals surface area contributed by atoms with Crippen LogP contribution in [0, 0.1) is 6.92 Å². The summed E-state index contributed by atoms with van der Waals surface area (Å²) in [6, 6.07) is 8.54. The number of benzene rings is 1. The van der Waals surface area contributed by atoms with Crippen molar-refractivity contribution in [2.24, 2.45) is 10.7 Å². The first kappa shape index (κ1) is 13.4. The molecule has 2 aliphatic rings. The number of hydrogen-bond donors (Lipinski definition) is 1. The van der Waals surface area contributed by atoms with E-state index in [9.17, 15) is 0 Å². The predicted molar refractivity (Wildman–Crippen MR) is 82.1 cm³/mol. The third-order valence-electron chi connectivity index (χ3n) is 4.64. The number of guanidine groups is 1. The minimum Gasteiger partial charge on any atom is -0.381 e. The molecular formula is C16H23N3O. The van der Waals surface area contributed by atoms with E-state index in [0.717, 1.165) is 31.5 Å². The zero-order valence-electron chi connectivity index (χ0n) is 12.3. The van der Waals surface area contributed by atoms with Gasteiger partial charge in [-0.1, -0.05) is 17.7 Å². The zero-order valence-corrected chi connectivity index (χ0v) is 12.3. The second-order valence-electron chi connectivity index (χ2n) is 6.02. The molecule has 1 aliphatic heterocycles. The number of hydrogen-bond acceptors (Lipinski definition) is 4. The predicted octanol–water partition coefficient (Wildman–Crippen LogP) is 2.46. The lowest BCUT2D eigenvalue weighted by atomic mass is 9.79. The van der Waals surface area contributed by atoms with E-state index in [2.05, 4.69) is 41.1 Å². The minimum absolute atomic E-state index is 0.0122. The molecule has 1 aromatic rings. The van der Waals surface area contributed by atoms with Gasteiger partial charge in [0.1, 0.15) is 0 Å². The van der Waals surface area contributed by atoms with Crippen molar-refractivity contribution in [1.82, 2.24) is 0 Å². The molecule has 2 unspecified atom stereocenters. The number of aryl methyl sites for hydroxylation is 1. The monoisotopic (exact) mass is 273 g/mol. The van der Waals surface area contributed by atoms with Crippen LogP contribution in [0.15, 0.2) is 29.3 Å². The second kappa shape index (κ2) is 5.09. The molecule has 20 heavy (non-hydrogen) atoms. The van der Waals surface area contributed by atoms with E-state index in [1.165, 1.54) is 12.0 Å². The van der Waals surface area contributed by atoms with Crippen LogP contribution in [-0.4, -0.2) is 31.3 Å². The van der Waals surface area contributed by atoms with Crippen LogP contribution in [0.3, 0.4) is 0 Å². The third-order valence-corrected chi connectivity index (χ3v) is 4.64. The molecule has 1 aromatic carbocycles. The van der Waals surface area contributed by atoms with Gasteiger partial charge in [-0.3, -0.25) is 4.99 Å². The molecule has 2 N–H and O–H groups in total. The highest BCUT2D eigenvalue weighted by molar-refractivity contribution is 5.98. The first-order chi connectivity index (χ1) is 9.64. The number of nitrogens with two attached hydrogens (primary N) is 1. The number of methoxy groups -OCH3 is 1. The Morgan fingerprint density at radius 2 is 2.10 bits per heavy atom. The summed E-state index contributed by atoms with van der Waals surface area (Å²) in [6.07, 6.45) is 4.76. The van der Waals surface area contributed by atoms with Gasteiger partial charge in [0.15, 0.2) is 5.96 Å². The number of aliphatic imine (C=N–C) groups is 1. The van der Waals surface area contributed by atoms with E-state index in [4.69, 9.17) is 10.5 Å². The molecule has 1 saturated carbocycles. The highest BCUT2D eigenvalue weighted by atomic mass is 16.5. The Kier molecular flexibility index (Phi) is 3.42. The quantitative estimate of drug-likeness (QED) is 0.900. The van der Waals surface area contributed by atoms with E-state index in [0.29, 0.717) is 12.1 Å². The van der Waals surface area contributed by atoms with Gasteiger partial charge in [-0.05, 0) is 44.7 Å². The molecular weight excluding hydrogens is 250 g/mol. The van der Waals surface area contributed by atoms with Crippen molar-refractivity contribution in [2.75, 3.05) is 18.6 Å². The van der Waals surface area contributed by atoms with Gasteiger partial charge in [-0.25, -0.2) is 0 Å². The van der Waals surface area contributed by atoms with Gasteiger partial charge in [0, 0.05) is 12.8 Å². The van der Waals surface area contributed by atoms with Crippen LogP contribution >= 0.6 is 0 Å². The van der Waals surface area contributed by atoms with Gasteiger partial charge in [0.25, 0.3) is 0 Å². The maximum absolute atomic E-state index is 6.18. The maximum atomic E-state index is 6.18. The smallest absolute Gasteiger partial charge is 0.196 e. The standard InChI is InChI=1S/C16H23N3O/c1-12-5-7-13(8-6-12)19-15(17)18-11-16(19)9-3-4-14(10-16)20-2/h5-8,14H,3-4,9-11H2,1-2H3,(H2,17,18). The van der Waals surface area contributed by atoms with Crippen molar-refractivity contribution in [2.45, 2.75) is 44.2 Å². The summed E-state index contributed by atoms with van der Waals surface area (Å²) in [7, 11) is 1.80. The van der Waals surface area contributed by atoms with Gasteiger partial charge in [-0.15, -0.1) is 0 Å². The van der Waals surface area contributed by atoms with E-state index in [-0.39, 0.29) is 5.54 Å². The van der Waals surface area contributed by atoms with E-state index in [1.54, 1.807) is 7.11 Å². The zero-order chi connectivity index (χ0) is 14.2. The van der Waals surface area contributed by atoms with Gasteiger partial charge in [-0.2, -0.15) is 0 Å². The molecule has 2 atom stereocenters. The lowest BCUT2D eigenvalue weighted by Gasteiger charge is -2.44. The summed E-state index contributed by atoms with van der Waals surface area (Å²) in [6.45, 7) is 2.88. The SMILES string of the molecule is COC1CCCC2(CN=C(N)N2c2ccc(C)cc2)C1. The average Bonchev–Trinajstić information content (AvgIpc) is 2.77. The number of anilines is 1. The van der Waals surface area contributed by atoms with Crippen LogP contribution in [-0.2, 0) is 4.74 Å². The fraction of sp³-hybridized carbons (Fsp3) is 0.562. The summed E-state index contributed by atoms with van der Waals surface area (Å²) >= 11 is 0. The first-order valence-corrected chi connectivity index (χ1v) is 7.34. The molecule has 1 fully saturated rings. The second-order valence-corrected chi connectivity index (χ2v) is 6.02. The van der Waals surface area contributed by atoms with Crippen LogP contribution in [0.4, 0.5) is 5.69 Å². The van der Waals surface area contributed by atoms with Crippen LogP contribution in [0.5, 0.6) is 0 Å². The Balaban J connectivity index is 1.93. The highest BCUT2D eigenvalue weighted by Crippen LogP contribution is 2.40. The summed E-state index contributed by atoms with van der Waals surface area (Å²) in [5.41, 5.74) is 8.59. The summed E-state index contributed by atoms with van der Waals surface area (Å²) < 4.78 is 5.60. The van der Waals surface area contributed by atoms with Crippen molar-refractivity contribution in [1.29, 1.82) is 0 Å². The van der Waals surface area contributed by atoms with Crippen LogP contribution in [0.1, 0.15) is 31.2 Å². The maximum Gasteiger partial charge on any atom is 0.196 e. The van der Waals surface area contributed by atoms with Gasteiger partial charge in [0.05, 0.1) is 18.2 Å². The topological polar surface area (TPSA) is 50.9 Å². The molecule has 0 saturated heterocycles. The number of ether oxygens (including phenoxy) is 1. The van der Waals surface area contributed by atoms with Gasteiger partial charge >= 0.3 is 0 Å². The molecule has 108 valence electrons. The van der Waals surface area contributed by atoms with Gasteiger partial charge < -0.3 is 15.4 Å². The molecule has 1 aliphatic carbocycles. The number of rotatable bonds is 2. The Bertz CT molecular complexity index is 511. The molecule has 0 aromatic heterocycles. The molecule has 0 bridgehead atoms. The van der Waals surface area contributed by atoms with Crippen LogP contribution in [0.25, 0.3) is 0 Å².